The van der Waals surface area contributed by atoms with E-state index in [4.69, 9.17) is 4.74 Å². The van der Waals surface area contributed by atoms with E-state index in [1.165, 1.54) is 0 Å². The van der Waals surface area contributed by atoms with E-state index in [0.29, 0.717) is 18.9 Å². The van der Waals surface area contributed by atoms with Gasteiger partial charge in [-0.2, -0.15) is 5.10 Å². The Morgan fingerprint density at radius 3 is 2.66 bits per heavy atom. The van der Waals surface area contributed by atoms with E-state index in [1.54, 1.807) is 19.5 Å². The van der Waals surface area contributed by atoms with Crippen LogP contribution in [0.4, 0.5) is 10.6 Å². The number of H-pyrrole nitrogens is 1. The van der Waals surface area contributed by atoms with E-state index >= 15 is 0 Å². The number of nitrogens with one attached hydrogen (secondary N) is 1. The van der Waals surface area contributed by atoms with Crippen LogP contribution in [0.2, 0.25) is 0 Å². The highest BCUT2D eigenvalue weighted by atomic mass is 16.5. The number of aromatic amines is 1. The van der Waals surface area contributed by atoms with Crippen LogP contribution in [0.15, 0.2) is 55.0 Å². The van der Waals surface area contributed by atoms with Gasteiger partial charge in [-0.3, -0.25) is 10.00 Å². The fraction of sp³-hybridized carbons (Fsp3) is 0.375. The van der Waals surface area contributed by atoms with Crippen molar-refractivity contribution in [3.05, 3.63) is 60.6 Å². The van der Waals surface area contributed by atoms with Gasteiger partial charge in [0, 0.05) is 43.2 Å². The Morgan fingerprint density at radius 2 is 1.97 bits per heavy atom. The fourth-order valence-electron chi connectivity index (χ4n) is 4.75. The summed E-state index contributed by atoms with van der Waals surface area (Å²) in [4.78, 5) is 24.5. The van der Waals surface area contributed by atoms with Crippen LogP contribution in [0.25, 0.3) is 11.1 Å². The van der Waals surface area contributed by atoms with Gasteiger partial charge in [0.15, 0.2) is 0 Å². The zero-order valence-electron chi connectivity index (χ0n) is 18.5. The summed E-state index contributed by atoms with van der Waals surface area (Å²) in [7, 11) is 3.81. The van der Waals surface area contributed by atoms with Gasteiger partial charge in [0.25, 0.3) is 0 Å². The van der Waals surface area contributed by atoms with Crippen molar-refractivity contribution >= 4 is 11.8 Å². The van der Waals surface area contributed by atoms with Crippen LogP contribution in [0.5, 0.6) is 5.75 Å². The molecule has 1 aromatic carbocycles. The van der Waals surface area contributed by atoms with E-state index < -0.39 is 0 Å². The first-order valence-electron chi connectivity index (χ1n) is 10.9. The van der Waals surface area contributed by atoms with Crippen molar-refractivity contribution in [3.63, 3.8) is 0 Å². The summed E-state index contributed by atoms with van der Waals surface area (Å²) in [6, 6.07) is 11.9. The van der Waals surface area contributed by atoms with Crippen LogP contribution in [0, 0.1) is 0 Å². The van der Waals surface area contributed by atoms with Gasteiger partial charge < -0.3 is 14.5 Å². The van der Waals surface area contributed by atoms with Crippen molar-refractivity contribution in [2.75, 3.05) is 38.7 Å². The number of aromatic nitrogens is 3. The molecule has 8 heteroatoms. The van der Waals surface area contributed by atoms with Gasteiger partial charge in [0.1, 0.15) is 11.6 Å². The van der Waals surface area contributed by atoms with E-state index in [-0.39, 0.29) is 11.6 Å². The molecule has 4 heterocycles. The maximum atomic E-state index is 13.7. The second-order valence-corrected chi connectivity index (χ2v) is 8.73. The largest absolute Gasteiger partial charge is 0.497 e. The molecule has 0 aliphatic carbocycles. The zero-order chi connectivity index (χ0) is 22.1. The average molecular weight is 433 g/mol. The van der Waals surface area contributed by atoms with E-state index in [9.17, 15) is 4.79 Å². The molecule has 0 saturated carbocycles. The van der Waals surface area contributed by atoms with Crippen LogP contribution >= 0.6 is 0 Å². The lowest BCUT2D eigenvalue weighted by Crippen LogP contribution is -2.53. The Morgan fingerprint density at radius 1 is 1.12 bits per heavy atom. The molecule has 0 bridgehead atoms. The Balaban J connectivity index is 1.44. The second-order valence-electron chi connectivity index (χ2n) is 8.73. The van der Waals surface area contributed by atoms with Crippen LogP contribution < -0.4 is 9.64 Å². The van der Waals surface area contributed by atoms with Crippen molar-refractivity contribution < 1.29 is 9.53 Å². The number of hydrogen-bond donors (Lipinski definition) is 1. The molecule has 2 amide bonds. The van der Waals surface area contributed by atoms with Crippen molar-refractivity contribution in [1.29, 1.82) is 0 Å². The Labute approximate surface area is 187 Å². The highest BCUT2D eigenvalue weighted by Crippen LogP contribution is 2.39. The van der Waals surface area contributed by atoms with Gasteiger partial charge in [-0.15, -0.1) is 0 Å². The molecule has 1 spiro atoms. The highest BCUT2D eigenvalue weighted by Gasteiger charge is 2.51. The SMILES string of the molecule is COc1cccc(CN2C(=O)N(c3ccc(-c4cn[nH]c4)cn3)CC23CCN(C)CC3)c1. The summed E-state index contributed by atoms with van der Waals surface area (Å²) >= 11 is 0. The van der Waals surface area contributed by atoms with E-state index in [1.807, 2.05) is 41.4 Å². The minimum Gasteiger partial charge on any atom is -0.497 e. The average Bonchev–Trinajstić information content (AvgIpc) is 3.45. The zero-order valence-corrected chi connectivity index (χ0v) is 18.5. The lowest BCUT2D eigenvalue weighted by Gasteiger charge is -2.42. The van der Waals surface area contributed by atoms with Crippen LogP contribution in [0.3, 0.4) is 0 Å². The molecule has 0 unspecified atom stereocenters. The number of amides is 2. The number of methoxy groups -OCH3 is 1. The molecule has 2 saturated heterocycles. The first kappa shape index (κ1) is 20.5. The third-order valence-corrected chi connectivity index (χ3v) is 6.74. The van der Waals surface area contributed by atoms with Gasteiger partial charge in [-0.05, 0) is 49.7 Å². The van der Waals surface area contributed by atoms with Crippen molar-refractivity contribution in [1.82, 2.24) is 25.0 Å². The predicted molar refractivity (Wildman–Crippen MR) is 123 cm³/mol. The number of ether oxygens (including phenoxy) is 1. The number of rotatable bonds is 5. The molecule has 2 fully saturated rings. The smallest absolute Gasteiger partial charge is 0.326 e. The van der Waals surface area contributed by atoms with Crippen molar-refractivity contribution in [2.45, 2.75) is 24.9 Å². The standard InChI is InChI=1S/C24H28N6O2/c1-28-10-8-24(9-11-28)17-29(22-7-6-19(13-25-22)20-14-26-27-15-20)23(31)30(24)16-18-4-3-5-21(12-18)32-2/h3-7,12-15H,8-11,16-17H2,1-2H3,(H,26,27). The summed E-state index contributed by atoms with van der Waals surface area (Å²) in [5.74, 6) is 1.49. The number of anilines is 1. The van der Waals surface area contributed by atoms with Crippen LogP contribution in [-0.4, -0.2) is 70.3 Å². The third-order valence-electron chi connectivity index (χ3n) is 6.74. The molecule has 32 heavy (non-hydrogen) atoms. The molecular weight excluding hydrogens is 404 g/mol. The quantitative estimate of drug-likeness (QED) is 0.669. The van der Waals surface area contributed by atoms with Gasteiger partial charge in [0.05, 0.1) is 25.4 Å². The summed E-state index contributed by atoms with van der Waals surface area (Å²) in [6.07, 6.45) is 7.30. The maximum absolute atomic E-state index is 13.7. The minimum atomic E-state index is -0.197. The lowest BCUT2D eigenvalue weighted by atomic mass is 9.86. The van der Waals surface area contributed by atoms with Gasteiger partial charge >= 0.3 is 6.03 Å². The van der Waals surface area contributed by atoms with Crippen LogP contribution in [-0.2, 0) is 6.54 Å². The summed E-state index contributed by atoms with van der Waals surface area (Å²) in [6.45, 7) is 3.16. The molecule has 8 nitrogen and oxygen atoms in total. The molecule has 2 aliphatic rings. The van der Waals surface area contributed by atoms with Gasteiger partial charge in [-0.1, -0.05) is 12.1 Å². The second kappa shape index (κ2) is 8.27. The first-order chi connectivity index (χ1) is 15.6. The third kappa shape index (κ3) is 3.71. The number of carbonyl (C=O) groups excluding carboxylic acids is 1. The number of hydrogen-bond acceptors (Lipinski definition) is 5. The number of pyridine rings is 1. The number of urea groups is 1. The minimum absolute atomic E-state index is 0.0148. The number of nitrogens with zero attached hydrogens (tertiary/aromatic N) is 5. The summed E-state index contributed by atoms with van der Waals surface area (Å²) < 4.78 is 5.39. The molecule has 3 aromatic rings. The predicted octanol–water partition coefficient (Wildman–Crippen LogP) is 3.39. The Bertz CT molecular complexity index is 1070. The Kier molecular flexibility index (Phi) is 5.30. The van der Waals surface area contributed by atoms with Crippen molar-refractivity contribution in [3.8, 4) is 16.9 Å². The molecule has 2 aliphatic heterocycles. The normalized spacial score (nSPS) is 18.5. The van der Waals surface area contributed by atoms with E-state index in [2.05, 4.69) is 38.1 Å². The number of benzene rings is 1. The number of carbonyl (C=O) groups is 1. The highest BCUT2D eigenvalue weighted by molar-refractivity contribution is 5.94. The number of piperidine rings is 1. The molecule has 0 atom stereocenters. The summed E-state index contributed by atoms with van der Waals surface area (Å²) in [5.41, 5.74) is 2.82. The molecule has 5 rings (SSSR count). The molecule has 2 aromatic heterocycles. The van der Waals surface area contributed by atoms with Crippen LogP contribution in [0.1, 0.15) is 18.4 Å². The fourth-order valence-corrected chi connectivity index (χ4v) is 4.75. The molecule has 0 radical (unpaired) electrons. The monoisotopic (exact) mass is 432 g/mol. The van der Waals surface area contributed by atoms with Crippen molar-refractivity contribution in [2.24, 2.45) is 0 Å². The van der Waals surface area contributed by atoms with Gasteiger partial charge in [0.2, 0.25) is 0 Å². The topological polar surface area (TPSA) is 77.6 Å². The lowest BCUT2D eigenvalue weighted by molar-refractivity contribution is 0.0825. The van der Waals surface area contributed by atoms with E-state index in [0.717, 1.165) is 48.4 Å². The molecular formula is C24H28N6O2. The molecule has 1 N–H and O–H groups in total. The molecule has 166 valence electrons. The number of likely N-dealkylation sites (tertiary alicyclic amines) is 1. The summed E-state index contributed by atoms with van der Waals surface area (Å²) in [5, 5.41) is 6.82. The Hall–Kier alpha value is -3.39. The first-order valence-corrected chi connectivity index (χ1v) is 10.9. The van der Waals surface area contributed by atoms with Gasteiger partial charge in [-0.25, -0.2) is 9.78 Å². The maximum Gasteiger partial charge on any atom is 0.326 e.